The minimum absolute atomic E-state index is 0.133. The third kappa shape index (κ3) is 3.47. The summed E-state index contributed by atoms with van der Waals surface area (Å²) in [6.45, 7) is 0. The summed E-state index contributed by atoms with van der Waals surface area (Å²) in [6.07, 6.45) is 2.63. The van der Waals surface area contributed by atoms with Crippen molar-refractivity contribution in [3.63, 3.8) is 0 Å². The first-order valence-corrected chi connectivity index (χ1v) is 5.82. The summed E-state index contributed by atoms with van der Waals surface area (Å²) in [4.78, 5) is 11.6. The molecule has 0 amide bonds. The highest BCUT2D eigenvalue weighted by molar-refractivity contribution is 7.98. The van der Waals surface area contributed by atoms with E-state index in [0.29, 0.717) is 6.42 Å². The van der Waals surface area contributed by atoms with Gasteiger partial charge in [-0.2, -0.15) is 0 Å². The van der Waals surface area contributed by atoms with Crippen molar-refractivity contribution in [1.82, 2.24) is 0 Å². The lowest BCUT2D eigenvalue weighted by Crippen LogP contribution is -1.99. The molecule has 3 nitrogen and oxygen atoms in total. The number of carbonyl (C=O) groups is 1. The molecule has 0 heterocycles. The van der Waals surface area contributed by atoms with Crippen molar-refractivity contribution in [3.8, 4) is 5.75 Å². The fourth-order valence-electron chi connectivity index (χ4n) is 1.32. The number of hydrogen-bond donors (Lipinski definition) is 1. The van der Waals surface area contributed by atoms with Crippen LogP contribution in [0.15, 0.2) is 23.1 Å². The second-order valence-corrected chi connectivity index (χ2v) is 3.95. The molecule has 0 aliphatic heterocycles. The average molecular weight is 226 g/mol. The lowest BCUT2D eigenvalue weighted by atomic mass is 10.1. The lowest BCUT2D eigenvalue weighted by Gasteiger charge is -2.08. The molecule has 1 rings (SSSR count). The maximum atomic E-state index is 10.5. The van der Waals surface area contributed by atoms with Gasteiger partial charge in [0.05, 0.1) is 7.11 Å². The molecule has 0 radical (unpaired) electrons. The molecule has 15 heavy (non-hydrogen) atoms. The van der Waals surface area contributed by atoms with Crippen molar-refractivity contribution in [2.45, 2.75) is 17.7 Å². The zero-order valence-corrected chi connectivity index (χ0v) is 9.63. The van der Waals surface area contributed by atoms with Crippen LogP contribution in [0.5, 0.6) is 5.75 Å². The largest absolute Gasteiger partial charge is 0.496 e. The van der Waals surface area contributed by atoms with Gasteiger partial charge >= 0.3 is 5.97 Å². The monoisotopic (exact) mass is 226 g/mol. The topological polar surface area (TPSA) is 46.5 Å². The van der Waals surface area contributed by atoms with Crippen molar-refractivity contribution in [3.05, 3.63) is 23.8 Å². The number of ether oxygens (including phenoxy) is 1. The van der Waals surface area contributed by atoms with E-state index in [0.717, 1.165) is 16.2 Å². The van der Waals surface area contributed by atoms with Gasteiger partial charge in [0.1, 0.15) is 5.75 Å². The Labute approximate surface area is 93.4 Å². The van der Waals surface area contributed by atoms with Crippen LogP contribution >= 0.6 is 11.8 Å². The maximum absolute atomic E-state index is 10.5. The molecule has 1 aromatic carbocycles. The second kappa shape index (κ2) is 5.66. The van der Waals surface area contributed by atoms with Crippen LogP contribution in [0.1, 0.15) is 12.0 Å². The molecule has 0 atom stereocenters. The minimum Gasteiger partial charge on any atom is -0.496 e. The standard InChI is InChI=1S/C11H14O3S/c1-14-10-5-4-9(15-2)7-8(10)3-6-11(12)13/h4-5,7H,3,6H2,1-2H3,(H,12,13). The van der Waals surface area contributed by atoms with E-state index in [1.54, 1.807) is 18.9 Å². The van der Waals surface area contributed by atoms with E-state index < -0.39 is 5.97 Å². The molecule has 4 heteroatoms. The van der Waals surface area contributed by atoms with Gasteiger partial charge in [0.15, 0.2) is 0 Å². The highest BCUT2D eigenvalue weighted by Crippen LogP contribution is 2.25. The van der Waals surface area contributed by atoms with Crippen LogP contribution in [-0.4, -0.2) is 24.4 Å². The Morgan fingerprint density at radius 2 is 2.27 bits per heavy atom. The number of rotatable bonds is 5. The van der Waals surface area contributed by atoms with Gasteiger partial charge in [0, 0.05) is 11.3 Å². The first kappa shape index (κ1) is 11.9. The van der Waals surface area contributed by atoms with Crippen LogP contribution in [-0.2, 0) is 11.2 Å². The van der Waals surface area contributed by atoms with E-state index in [9.17, 15) is 4.79 Å². The fraction of sp³-hybridized carbons (Fsp3) is 0.364. The van der Waals surface area contributed by atoms with Gasteiger partial charge in [-0.15, -0.1) is 11.8 Å². The molecule has 1 N–H and O–H groups in total. The van der Waals surface area contributed by atoms with E-state index in [1.807, 2.05) is 24.5 Å². The smallest absolute Gasteiger partial charge is 0.303 e. The molecule has 0 aliphatic rings. The minimum atomic E-state index is -0.786. The molecule has 0 spiro atoms. The molecule has 0 saturated heterocycles. The Kier molecular flexibility index (Phi) is 4.49. The van der Waals surface area contributed by atoms with Gasteiger partial charge in [-0.1, -0.05) is 0 Å². The third-order valence-electron chi connectivity index (χ3n) is 2.10. The number of carboxylic acid groups (broad SMARTS) is 1. The Hall–Kier alpha value is -1.16. The van der Waals surface area contributed by atoms with E-state index >= 15 is 0 Å². The molecular formula is C11H14O3S. The first-order valence-electron chi connectivity index (χ1n) is 4.60. The molecule has 82 valence electrons. The summed E-state index contributed by atoms with van der Waals surface area (Å²) in [5, 5.41) is 8.62. The number of aryl methyl sites for hydroxylation is 1. The van der Waals surface area contributed by atoms with Crippen LogP contribution < -0.4 is 4.74 Å². The normalized spacial score (nSPS) is 10.0. The number of methoxy groups -OCH3 is 1. The summed E-state index contributed by atoms with van der Waals surface area (Å²) < 4.78 is 5.17. The second-order valence-electron chi connectivity index (χ2n) is 3.07. The van der Waals surface area contributed by atoms with Gasteiger partial charge in [-0.05, 0) is 36.4 Å². The van der Waals surface area contributed by atoms with E-state index in [2.05, 4.69) is 0 Å². The maximum Gasteiger partial charge on any atom is 0.303 e. The predicted molar refractivity (Wildman–Crippen MR) is 60.7 cm³/mol. The molecule has 0 aliphatic carbocycles. The highest BCUT2D eigenvalue weighted by Gasteiger charge is 2.06. The van der Waals surface area contributed by atoms with Crippen molar-refractivity contribution in [2.24, 2.45) is 0 Å². The zero-order valence-electron chi connectivity index (χ0n) is 8.82. The Balaban J connectivity index is 2.85. The van der Waals surface area contributed by atoms with Gasteiger partial charge < -0.3 is 9.84 Å². The highest BCUT2D eigenvalue weighted by atomic mass is 32.2. The van der Waals surface area contributed by atoms with E-state index in [-0.39, 0.29) is 6.42 Å². The number of aliphatic carboxylic acids is 1. The van der Waals surface area contributed by atoms with Gasteiger partial charge in [-0.25, -0.2) is 0 Å². The quantitative estimate of drug-likeness (QED) is 0.783. The molecule has 0 aromatic heterocycles. The van der Waals surface area contributed by atoms with Crippen LogP contribution in [0, 0.1) is 0 Å². The van der Waals surface area contributed by atoms with Crippen LogP contribution in [0.25, 0.3) is 0 Å². The van der Waals surface area contributed by atoms with E-state index in [1.165, 1.54) is 0 Å². The van der Waals surface area contributed by atoms with Crippen molar-refractivity contribution < 1.29 is 14.6 Å². The van der Waals surface area contributed by atoms with Crippen LogP contribution in [0.3, 0.4) is 0 Å². The van der Waals surface area contributed by atoms with E-state index in [4.69, 9.17) is 9.84 Å². The Bertz CT molecular complexity index is 350. The SMILES string of the molecule is COc1ccc(SC)cc1CCC(=O)O. The third-order valence-corrected chi connectivity index (χ3v) is 2.82. The van der Waals surface area contributed by atoms with Crippen molar-refractivity contribution in [2.75, 3.05) is 13.4 Å². The first-order chi connectivity index (χ1) is 7.17. The molecule has 0 saturated carbocycles. The number of benzene rings is 1. The van der Waals surface area contributed by atoms with Crippen molar-refractivity contribution in [1.29, 1.82) is 0 Å². The predicted octanol–water partition coefficient (Wildman–Crippen LogP) is 2.43. The summed E-state index contributed by atoms with van der Waals surface area (Å²) in [5.41, 5.74) is 0.951. The summed E-state index contributed by atoms with van der Waals surface area (Å²) in [7, 11) is 1.60. The molecule has 0 unspecified atom stereocenters. The molecular weight excluding hydrogens is 212 g/mol. The van der Waals surface area contributed by atoms with Gasteiger partial charge in [-0.3, -0.25) is 4.79 Å². The molecule has 1 aromatic rings. The summed E-state index contributed by atoms with van der Waals surface area (Å²) >= 11 is 1.63. The summed E-state index contributed by atoms with van der Waals surface area (Å²) in [6, 6.07) is 5.82. The Morgan fingerprint density at radius 1 is 1.53 bits per heavy atom. The summed E-state index contributed by atoms with van der Waals surface area (Å²) in [5.74, 6) is -0.0272. The lowest BCUT2D eigenvalue weighted by molar-refractivity contribution is -0.136. The van der Waals surface area contributed by atoms with Crippen molar-refractivity contribution >= 4 is 17.7 Å². The number of hydrogen-bond acceptors (Lipinski definition) is 3. The molecule has 0 bridgehead atoms. The van der Waals surface area contributed by atoms with Crippen LogP contribution in [0.2, 0.25) is 0 Å². The number of carboxylic acids is 1. The zero-order chi connectivity index (χ0) is 11.3. The van der Waals surface area contributed by atoms with Gasteiger partial charge in [0.25, 0.3) is 0 Å². The van der Waals surface area contributed by atoms with Gasteiger partial charge in [0.2, 0.25) is 0 Å². The Morgan fingerprint density at radius 3 is 2.80 bits per heavy atom. The number of thioether (sulfide) groups is 1. The van der Waals surface area contributed by atoms with Crippen LogP contribution in [0.4, 0.5) is 0 Å². The fourth-order valence-corrected chi connectivity index (χ4v) is 1.78. The molecule has 0 fully saturated rings. The average Bonchev–Trinajstić information content (AvgIpc) is 2.25.